The molecule has 27 heavy (non-hydrogen) atoms. The highest BCUT2D eigenvalue weighted by atomic mass is 79.9. The molecule has 3 aromatic rings. The van der Waals surface area contributed by atoms with Crippen LogP contribution < -0.4 is 9.64 Å². The van der Waals surface area contributed by atoms with E-state index in [9.17, 15) is 4.79 Å². The molecule has 0 aliphatic carbocycles. The minimum absolute atomic E-state index is 0.0305. The Balaban J connectivity index is 1.70. The summed E-state index contributed by atoms with van der Waals surface area (Å²) in [7, 11) is 1.63. The van der Waals surface area contributed by atoms with Crippen LogP contribution in [-0.2, 0) is 11.3 Å². The highest BCUT2D eigenvalue weighted by molar-refractivity contribution is 9.11. The Morgan fingerprint density at radius 3 is 2.89 bits per heavy atom. The number of amides is 1. The molecule has 1 aromatic heterocycles. The van der Waals surface area contributed by atoms with Gasteiger partial charge >= 0.3 is 0 Å². The Kier molecular flexibility index (Phi) is 4.74. The van der Waals surface area contributed by atoms with E-state index in [1.54, 1.807) is 7.11 Å². The van der Waals surface area contributed by atoms with Crippen molar-refractivity contribution in [3.8, 4) is 5.75 Å². The smallest absolute Gasteiger partial charge is 0.227 e. The third-order valence-corrected chi connectivity index (χ3v) is 5.12. The highest BCUT2D eigenvalue weighted by Gasteiger charge is 2.35. The second-order valence-electron chi connectivity index (χ2n) is 6.67. The number of methoxy groups -OCH3 is 1. The van der Waals surface area contributed by atoms with Crippen LogP contribution in [0.3, 0.4) is 0 Å². The number of carbonyl (C=O) groups excluding carboxylic acids is 1. The molecule has 6 heteroatoms. The van der Waals surface area contributed by atoms with Crippen LogP contribution in [0.4, 0.5) is 5.69 Å². The minimum atomic E-state index is 0.0305. The predicted molar refractivity (Wildman–Crippen MR) is 111 cm³/mol. The first kappa shape index (κ1) is 17.8. The predicted octanol–water partition coefficient (Wildman–Crippen LogP) is 4.47. The molecular formula is C21H20BrN3O2. The fourth-order valence-corrected chi connectivity index (χ4v) is 3.90. The van der Waals surface area contributed by atoms with Gasteiger partial charge in [-0.1, -0.05) is 40.7 Å². The average molecular weight is 426 g/mol. The summed E-state index contributed by atoms with van der Waals surface area (Å²) in [6.07, 6.45) is 0.440. The lowest BCUT2D eigenvalue weighted by atomic mass is 10.1. The first-order valence-corrected chi connectivity index (χ1v) is 9.59. The van der Waals surface area contributed by atoms with E-state index in [0.29, 0.717) is 19.5 Å². The van der Waals surface area contributed by atoms with Crippen LogP contribution in [0.25, 0.3) is 11.0 Å². The summed E-state index contributed by atoms with van der Waals surface area (Å²) >= 11 is 3.47. The number of imidazole rings is 1. The van der Waals surface area contributed by atoms with Crippen molar-refractivity contribution in [2.24, 2.45) is 0 Å². The summed E-state index contributed by atoms with van der Waals surface area (Å²) in [5, 5.41) is 0. The van der Waals surface area contributed by atoms with Crippen molar-refractivity contribution in [3.63, 3.8) is 0 Å². The van der Waals surface area contributed by atoms with Crippen LogP contribution in [0.15, 0.2) is 59.6 Å². The molecule has 1 amide bonds. The zero-order valence-electron chi connectivity index (χ0n) is 15.1. The maximum atomic E-state index is 12.7. The lowest BCUT2D eigenvalue weighted by Gasteiger charge is -2.18. The zero-order chi connectivity index (χ0) is 19.0. The molecule has 0 bridgehead atoms. The van der Waals surface area contributed by atoms with Gasteiger partial charge in [0.15, 0.2) is 0 Å². The van der Waals surface area contributed by atoms with E-state index in [0.717, 1.165) is 32.8 Å². The van der Waals surface area contributed by atoms with E-state index in [1.165, 1.54) is 0 Å². The van der Waals surface area contributed by atoms with Gasteiger partial charge in [0.05, 0.1) is 24.7 Å². The second kappa shape index (κ2) is 7.19. The van der Waals surface area contributed by atoms with E-state index >= 15 is 0 Å². The van der Waals surface area contributed by atoms with Gasteiger partial charge in [-0.25, -0.2) is 4.98 Å². The Hall–Kier alpha value is -2.60. The number of nitrogens with zero attached hydrogens (tertiary/aromatic N) is 3. The van der Waals surface area contributed by atoms with Gasteiger partial charge in [-0.15, -0.1) is 0 Å². The van der Waals surface area contributed by atoms with Gasteiger partial charge in [0.25, 0.3) is 0 Å². The van der Waals surface area contributed by atoms with Gasteiger partial charge in [-0.3, -0.25) is 4.79 Å². The van der Waals surface area contributed by atoms with E-state index in [1.807, 2.05) is 47.4 Å². The molecular weight excluding hydrogens is 406 g/mol. The number of para-hydroxylation sites is 2. The molecule has 0 spiro atoms. The molecule has 5 nitrogen and oxygen atoms in total. The molecule has 1 fully saturated rings. The lowest BCUT2D eigenvalue weighted by molar-refractivity contribution is -0.117. The standard InChI is InChI=1S/C21H20BrN3O2/c1-14(22)12-25-19-9-4-3-8-18(19)23-21(25)15-10-20(26)24(13-15)16-6-5-7-17(11-16)27-2/h3-9,11,15H,1,10,12-13H2,2H3/t15-/m0/s1. The number of halogens is 1. The topological polar surface area (TPSA) is 47.4 Å². The third-order valence-electron chi connectivity index (χ3n) is 4.87. The molecule has 1 aliphatic heterocycles. The Morgan fingerprint density at radius 2 is 2.11 bits per heavy atom. The molecule has 2 aromatic carbocycles. The summed E-state index contributed by atoms with van der Waals surface area (Å²) in [5.41, 5.74) is 2.85. The van der Waals surface area contributed by atoms with Gasteiger partial charge in [-0.2, -0.15) is 0 Å². The number of fused-ring (bicyclic) bond motifs is 1. The van der Waals surface area contributed by atoms with Gasteiger partial charge in [0.2, 0.25) is 5.91 Å². The van der Waals surface area contributed by atoms with Gasteiger partial charge in [0.1, 0.15) is 11.6 Å². The van der Waals surface area contributed by atoms with Crippen molar-refractivity contribution in [3.05, 3.63) is 65.4 Å². The molecule has 1 saturated heterocycles. The van der Waals surface area contributed by atoms with Crippen molar-refractivity contribution in [1.82, 2.24) is 9.55 Å². The van der Waals surface area contributed by atoms with Crippen molar-refractivity contribution >= 4 is 38.6 Å². The number of ether oxygens (including phenoxy) is 1. The molecule has 2 heterocycles. The van der Waals surface area contributed by atoms with Crippen LogP contribution in [-0.4, -0.2) is 29.1 Å². The van der Waals surface area contributed by atoms with Gasteiger partial charge < -0.3 is 14.2 Å². The van der Waals surface area contributed by atoms with Crippen molar-refractivity contribution in [2.75, 3.05) is 18.6 Å². The SMILES string of the molecule is C=C(Br)Cn1c([C@H]2CC(=O)N(c3cccc(OC)c3)C2)nc2ccccc21. The van der Waals surface area contributed by atoms with Crippen LogP contribution in [0.2, 0.25) is 0 Å². The molecule has 0 N–H and O–H groups in total. The van der Waals surface area contributed by atoms with E-state index in [2.05, 4.69) is 33.1 Å². The van der Waals surface area contributed by atoms with Gasteiger partial charge in [-0.05, 0) is 24.3 Å². The fourth-order valence-electron chi connectivity index (χ4n) is 3.65. The molecule has 138 valence electrons. The highest BCUT2D eigenvalue weighted by Crippen LogP contribution is 2.34. The number of hydrogen-bond acceptors (Lipinski definition) is 3. The number of anilines is 1. The van der Waals surface area contributed by atoms with Crippen LogP contribution in [0, 0.1) is 0 Å². The Bertz CT molecular complexity index is 1030. The zero-order valence-corrected chi connectivity index (χ0v) is 16.6. The maximum absolute atomic E-state index is 12.7. The van der Waals surface area contributed by atoms with Crippen LogP contribution in [0.5, 0.6) is 5.75 Å². The van der Waals surface area contributed by atoms with E-state index < -0.39 is 0 Å². The summed E-state index contributed by atoms with van der Waals surface area (Å²) < 4.78 is 8.32. The summed E-state index contributed by atoms with van der Waals surface area (Å²) in [4.78, 5) is 19.4. The second-order valence-corrected chi connectivity index (χ2v) is 7.79. The quantitative estimate of drug-likeness (QED) is 0.605. The van der Waals surface area contributed by atoms with Crippen molar-refractivity contribution < 1.29 is 9.53 Å². The summed E-state index contributed by atoms with van der Waals surface area (Å²) in [5.74, 6) is 1.80. The molecule has 4 rings (SSSR count). The number of carbonyl (C=O) groups is 1. The largest absolute Gasteiger partial charge is 0.497 e. The molecule has 0 unspecified atom stereocenters. The van der Waals surface area contributed by atoms with Crippen LogP contribution >= 0.6 is 15.9 Å². The first-order valence-electron chi connectivity index (χ1n) is 8.79. The Labute approximate surface area is 166 Å². The molecule has 1 aliphatic rings. The lowest BCUT2D eigenvalue weighted by Crippen LogP contribution is -2.24. The maximum Gasteiger partial charge on any atom is 0.227 e. The summed E-state index contributed by atoms with van der Waals surface area (Å²) in [6, 6.07) is 15.6. The van der Waals surface area contributed by atoms with Gasteiger partial charge in [0, 0.05) is 35.1 Å². The van der Waals surface area contributed by atoms with Crippen molar-refractivity contribution in [2.45, 2.75) is 18.9 Å². The number of allylic oxidation sites excluding steroid dienone is 1. The number of hydrogen-bond donors (Lipinski definition) is 0. The molecule has 0 saturated carbocycles. The normalized spacial score (nSPS) is 16.9. The average Bonchev–Trinajstić information content (AvgIpc) is 3.22. The number of benzene rings is 2. The van der Waals surface area contributed by atoms with Crippen molar-refractivity contribution in [1.29, 1.82) is 0 Å². The minimum Gasteiger partial charge on any atom is -0.497 e. The molecule has 1 atom stereocenters. The summed E-state index contributed by atoms with van der Waals surface area (Å²) in [6.45, 7) is 5.20. The first-order chi connectivity index (χ1) is 13.1. The molecule has 0 radical (unpaired) electrons. The third kappa shape index (κ3) is 3.37. The van der Waals surface area contributed by atoms with E-state index in [4.69, 9.17) is 9.72 Å². The Morgan fingerprint density at radius 1 is 1.30 bits per heavy atom. The number of aromatic nitrogens is 2. The van der Waals surface area contributed by atoms with Crippen LogP contribution in [0.1, 0.15) is 18.2 Å². The fraction of sp³-hybridized carbons (Fsp3) is 0.238. The van der Waals surface area contributed by atoms with E-state index in [-0.39, 0.29) is 11.8 Å². The number of rotatable bonds is 5. The monoisotopic (exact) mass is 425 g/mol.